The zero-order valence-corrected chi connectivity index (χ0v) is 18.4. The minimum Gasteiger partial charge on any atom is -0.206 e. The molecule has 0 nitrogen and oxygen atoms in total. The summed E-state index contributed by atoms with van der Waals surface area (Å²) in [6.07, 6.45) is 11.7. The molecule has 0 radical (unpaired) electrons. The van der Waals surface area contributed by atoms with Crippen LogP contribution in [-0.4, -0.2) is 0 Å². The predicted octanol–water partition coefficient (Wildman–Crippen LogP) is 7.53. The van der Waals surface area contributed by atoms with E-state index in [1.54, 1.807) is 6.07 Å². The van der Waals surface area contributed by atoms with Gasteiger partial charge in [0.15, 0.2) is 0 Å². The van der Waals surface area contributed by atoms with Gasteiger partial charge in [-0.15, -0.1) is 5.92 Å². The molecule has 0 atom stereocenters. The van der Waals surface area contributed by atoms with Crippen molar-refractivity contribution in [2.75, 3.05) is 0 Å². The zero-order chi connectivity index (χ0) is 21.2. The molecule has 1 aliphatic carbocycles. The molecule has 0 aliphatic heterocycles. The van der Waals surface area contributed by atoms with E-state index in [9.17, 15) is 4.39 Å². The molecule has 1 heteroatoms. The van der Waals surface area contributed by atoms with E-state index >= 15 is 0 Å². The van der Waals surface area contributed by atoms with Crippen LogP contribution in [0.4, 0.5) is 4.39 Å². The average Bonchev–Trinajstić information content (AvgIpc) is 2.77. The highest BCUT2D eigenvalue weighted by molar-refractivity contribution is 5.46. The van der Waals surface area contributed by atoms with Crippen LogP contribution in [0.2, 0.25) is 0 Å². The van der Waals surface area contributed by atoms with Crippen molar-refractivity contribution in [2.24, 2.45) is 11.8 Å². The van der Waals surface area contributed by atoms with E-state index in [0.29, 0.717) is 5.56 Å². The van der Waals surface area contributed by atoms with Crippen molar-refractivity contribution in [1.29, 1.82) is 0 Å². The fourth-order valence-corrected chi connectivity index (χ4v) is 4.41. The van der Waals surface area contributed by atoms with Crippen LogP contribution in [0.15, 0.2) is 42.5 Å². The molecule has 1 aliphatic rings. The van der Waals surface area contributed by atoms with Gasteiger partial charge in [0.25, 0.3) is 0 Å². The Balaban J connectivity index is 1.51. The number of benzene rings is 2. The van der Waals surface area contributed by atoms with E-state index in [0.717, 1.165) is 34.9 Å². The van der Waals surface area contributed by atoms with Gasteiger partial charge in [0.05, 0.1) is 5.56 Å². The highest BCUT2D eigenvalue weighted by Gasteiger charge is 2.20. The molecule has 3 rings (SSSR count). The first-order chi connectivity index (χ1) is 14.7. The van der Waals surface area contributed by atoms with E-state index in [1.807, 2.05) is 43.3 Å². The van der Waals surface area contributed by atoms with Gasteiger partial charge in [0.1, 0.15) is 5.82 Å². The van der Waals surface area contributed by atoms with E-state index in [1.165, 1.54) is 51.4 Å². The third kappa shape index (κ3) is 6.78. The van der Waals surface area contributed by atoms with Crippen molar-refractivity contribution in [3.8, 4) is 23.7 Å². The fraction of sp³-hybridized carbons (Fsp3) is 0.448. The highest BCUT2D eigenvalue weighted by atomic mass is 19.1. The van der Waals surface area contributed by atoms with Crippen LogP contribution >= 0.6 is 0 Å². The number of aryl methyl sites for hydroxylation is 1. The standard InChI is InChI=1S/C29H33F/c1-3-5-7-24-10-14-25(15-11-24)16-17-27-19-21-28(29(30)22-27)20-18-26-12-8-23(6-4-2)9-13-26/h8-9,12-13,19,21-22,24-25H,3,5,7,10-11,14-17H2,1-2H3/t24-,25-. The summed E-state index contributed by atoms with van der Waals surface area (Å²) >= 11 is 0. The van der Waals surface area contributed by atoms with Crippen molar-refractivity contribution in [2.45, 2.75) is 71.6 Å². The Kier molecular flexibility index (Phi) is 8.59. The molecule has 1 saturated carbocycles. The Morgan fingerprint density at radius 3 is 2.07 bits per heavy atom. The molecule has 2 aromatic rings. The number of unbranched alkanes of at least 4 members (excludes halogenated alkanes) is 1. The van der Waals surface area contributed by atoms with Crippen molar-refractivity contribution >= 4 is 0 Å². The fourth-order valence-electron chi connectivity index (χ4n) is 4.41. The molecule has 0 unspecified atom stereocenters. The maximum absolute atomic E-state index is 14.5. The molecule has 0 N–H and O–H groups in total. The summed E-state index contributed by atoms with van der Waals surface area (Å²) in [4.78, 5) is 0. The smallest absolute Gasteiger partial charge is 0.139 e. The molecular weight excluding hydrogens is 367 g/mol. The summed E-state index contributed by atoms with van der Waals surface area (Å²) in [5, 5.41) is 0. The number of hydrogen-bond acceptors (Lipinski definition) is 0. The van der Waals surface area contributed by atoms with Gasteiger partial charge in [-0.1, -0.05) is 75.7 Å². The van der Waals surface area contributed by atoms with Crippen LogP contribution in [-0.2, 0) is 6.42 Å². The first kappa shape index (κ1) is 22.2. The van der Waals surface area contributed by atoms with Crippen molar-refractivity contribution in [3.05, 3.63) is 70.5 Å². The maximum Gasteiger partial charge on any atom is 0.139 e. The quantitative estimate of drug-likeness (QED) is 0.440. The maximum atomic E-state index is 14.5. The van der Waals surface area contributed by atoms with Crippen LogP contribution in [0.3, 0.4) is 0 Å². The molecule has 0 aromatic heterocycles. The Morgan fingerprint density at radius 2 is 1.47 bits per heavy atom. The summed E-state index contributed by atoms with van der Waals surface area (Å²) < 4.78 is 14.5. The van der Waals surface area contributed by atoms with Crippen LogP contribution in [0, 0.1) is 41.3 Å². The third-order valence-corrected chi connectivity index (χ3v) is 6.30. The minimum atomic E-state index is -0.211. The van der Waals surface area contributed by atoms with E-state index in [4.69, 9.17) is 0 Å². The van der Waals surface area contributed by atoms with Crippen LogP contribution in [0.5, 0.6) is 0 Å². The van der Waals surface area contributed by atoms with Crippen LogP contribution < -0.4 is 0 Å². The second-order valence-corrected chi connectivity index (χ2v) is 8.58. The van der Waals surface area contributed by atoms with Gasteiger partial charge >= 0.3 is 0 Å². The number of halogens is 1. The van der Waals surface area contributed by atoms with Gasteiger partial charge in [-0.25, -0.2) is 4.39 Å². The zero-order valence-electron chi connectivity index (χ0n) is 18.4. The predicted molar refractivity (Wildman–Crippen MR) is 125 cm³/mol. The van der Waals surface area contributed by atoms with Gasteiger partial charge in [-0.3, -0.25) is 0 Å². The first-order valence-corrected chi connectivity index (χ1v) is 11.5. The lowest BCUT2D eigenvalue weighted by Crippen LogP contribution is -2.15. The molecule has 30 heavy (non-hydrogen) atoms. The lowest BCUT2D eigenvalue weighted by Gasteiger charge is -2.28. The minimum absolute atomic E-state index is 0.211. The average molecular weight is 401 g/mol. The largest absolute Gasteiger partial charge is 0.206 e. The second-order valence-electron chi connectivity index (χ2n) is 8.58. The molecule has 1 fully saturated rings. The van der Waals surface area contributed by atoms with Crippen molar-refractivity contribution in [3.63, 3.8) is 0 Å². The van der Waals surface area contributed by atoms with Gasteiger partial charge in [0.2, 0.25) is 0 Å². The second kappa shape index (κ2) is 11.6. The summed E-state index contributed by atoms with van der Waals surface area (Å²) in [6, 6.07) is 13.3. The van der Waals surface area contributed by atoms with Crippen molar-refractivity contribution < 1.29 is 4.39 Å². The molecular formula is C29H33F. The van der Waals surface area contributed by atoms with E-state index < -0.39 is 0 Å². The topological polar surface area (TPSA) is 0 Å². The Morgan fingerprint density at radius 1 is 0.833 bits per heavy atom. The molecule has 0 heterocycles. The number of hydrogen-bond donors (Lipinski definition) is 0. The highest BCUT2D eigenvalue weighted by Crippen LogP contribution is 2.34. The normalized spacial score (nSPS) is 18.1. The Hall–Kier alpha value is -2.51. The van der Waals surface area contributed by atoms with Gasteiger partial charge in [0, 0.05) is 11.1 Å². The molecule has 2 aromatic carbocycles. The SMILES string of the molecule is CC#Cc1ccc(C#Cc2ccc(CC[C@H]3CC[C@H](CCCC)CC3)cc2F)cc1. The van der Waals surface area contributed by atoms with Crippen LogP contribution in [0.1, 0.15) is 87.5 Å². The Bertz CT molecular complexity index is 922. The van der Waals surface area contributed by atoms with E-state index in [2.05, 4.69) is 30.6 Å². The molecule has 0 spiro atoms. The summed E-state index contributed by atoms with van der Waals surface area (Å²) in [6.45, 7) is 4.10. The summed E-state index contributed by atoms with van der Waals surface area (Å²) in [5.74, 6) is 13.5. The van der Waals surface area contributed by atoms with Crippen molar-refractivity contribution in [1.82, 2.24) is 0 Å². The van der Waals surface area contributed by atoms with Gasteiger partial charge in [-0.2, -0.15) is 0 Å². The number of rotatable bonds is 6. The third-order valence-electron chi connectivity index (χ3n) is 6.30. The molecule has 0 saturated heterocycles. The van der Waals surface area contributed by atoms with Gasteiger partial charge < -0.3 is 0 Å². The lowest BCUT2D eigenvalue weighted by molar-refractivity contribution is 0.250. The first-order valence-electron chi connectivity index (χ1n) is 11.5. The van der Waals surface area contributed by atoms with Crippen LogP contribution in [0.25, 0.3) is 0 Å². The van der Waals surface area contributed by atoms with Gasteiger partial charge in [-0.05, 0) is 73.6 Å². The lowest BCUT2D eigenvalue weighted by atomic mass is 9.78. The summed E-state index contributed by atoms with van der Waals surface area (Å²) in [7, 11) is 0. The molecule has 0 amide bonds. The Labute approximate surface area is 182 Å². The molecule has 0 bridgehead atoms. The summed E-state index contributed by atoms with van der Waals surface area (Å²) in [5.41, 5.74) is 3.39. The van der Waals surface area contributed by atoms with E-state index in [-0.39, 0.29) is 5.82 Å². The molecule has 156 valence electrons. The monoisotopic (exact) mass is 400 g/mol.